The van der Waals surface area contributed by atoms with E-state index in [1.54, 1.807) is 30.3 Å². The largest absolute Gasteiger partial charge is 0.490 e. The van der Waals surface area contributed by atoms with Crippen molar-refractivity contribution in [2.45, 2.75) is 13.5 Å². The Morgan fingerprint density at radius 3 is 2.48 bits per heavy atom. The molecule has 0 atom stereocenters. The topological polar surface area (TPSA) is 67.9 Å². The number of fused-ring (bicyclic) bond motifs is 1. The van der Waals surface area contributed by atoms with Crippen LogP contribution in [0.25, 0.3) is 16.8 Å². The molecule has 4 aromatic rings. The second kappa shape index (κ2) is 11.9. The average molecular weight is 612 g/mol. The van der Waals surface area contributed by atoms with E-state index in [0.29, 0.717) is 23.7 Å². The van der Waals surface area contributed by atoms with Crippen molar-refractivity contribution in [2.75, 3.05) is 11.5 Å². The summed E-state index contributed by atoms with van der Waals surface area (Å²) < 4.78 is 12.0. The van der Waals surface area contributed by atoms with Crippen LogP contribution < -0.4 is 19.7 Å². The van der Waals surface area contributed by atoms with E-state index >= 15 is 0 Å². The smallest absolute Gasteiger partial charge is 0.270 e. The van der Waals surface area contributed by atoms with Gasteiger partial charge in [-0.2, -0.15) is 0 Å². The van der Waals surface area contributed by atoms with Gasteiger partial charge in [-0.25, -0.2) is 0 Å². The molecule has 2 amide bonds. The van der Waals surface area contributed by atoms with Crippen molar-refractivity contribution in [3.05, 3.63) is 105 Å². The van der Waals surface area contributed by atoms with Crippen molar-refractivity contribution in [1.82, 2.24) is 5.32 Å². The highest BCUT2D eigenvalue weighted by molar-refractivity contribution is 7.80. The molecule has 4 aromatic carbocycles. The minimum atomic E-state index is -0.664. The number of amides is 2. The summed E-state index contributed by atoms with van der Waals surface area (Å²) in [4.78, 5) is 27.4. The molecule has 0 radical (unpaired) electrons. The number of ether oxygens (including phenoxy) is 2. The summed E-state index contributed by atoms with van der Waals surface area (Å²) in [7, 11) is 0. The number of halogens is 3. The van der Waals surface area contributed by atoms with E-state index in [1.165, 1.54) is 6.08 Å². The lowest BCUT2D eigenvalue weighted by molar-refractivity contribution is -0.122. The number of nitrogens with one attached hydrogen (secondary N) is 1. The predicted molar refractivity (Wildman–Crippen MR) is 164 cm³/mol. The molecule has 0 saturated carbocycles. The summed E-state index contributed by atoms with van der Waals surface area (Å²) in [5.41, 5.74) is 1.52. The maximum Gasteiger partial charge on any atom is 0.270 e. The fourth-order valence-corrected chi connectivity index (χ4v) is 5.28. The summed E-state index contributed by atoms with van der Waals surface area (Å²) in [5, 5.41) is 5.22. The zero-order valence-electron chi connectivity index (χ0n) is 21.0. The maximum atomic E-state index is 13.5. The molecule has 1 fully saturated rings. The van der Waals surface area contributed by atoms with Crippen LogP contribution in [0.4, 0.5) is 5.69 Å². The molecule has 1 N–H and O–H groups in total. The van der Waals surface area contributed by atoms with Gasteiger partial charge in [-0.15, -0.1) is 0 Å². The van der Waals surface area contributed by atoms with E-state index in [2.05, 4.69) is 5.32 Å². The Balaban J connectivity index is 1.48. The van der Waals surface area contributed by atoms with Crippen LogP contribution in [0.5, 0.6) is 11.5 Å². The van der Waals surface area contributed by atoms with Crippen LogP contribution in [0.15, 0.2) is 78.4 Å². The highest BCUT2D eigenvalue weighted by atomic mass is 35.5. The third kappa shape index (κ3) is 5.51. The molecule has 0 aliphatic carbocycles. The molecule has 0 spiro atoms. The van der Waals surface area contributed by atoms with Gasteiger partial charge in [-0.05, 0) is 71.4 Å². The molecular formula is C30H21Cl3N2O4S. The first-order valence-electron chi connectivity index (χ1n) is 12.2. The molecule has 1 aliphatic heterocycles. The number of hydrogen-bond donors (Lipinski definition) is 1. The van der Waals surface area contributed by atoms with Crippen LogP contribution in [-0.4, -0.2) is 23.5 Å². The molecule has 1 saturated heterocycles. The third-order valence-corrected chi connectivity index (χ3v) is 7.54. The molecular weight excluding hydrogens is 591 g/mol. The van der Waals surface area contributed by atoms with Crippen molar-refractivity contribution in [2.24, 2.45) is 0 Å². The number of benzene rings is 4. The number of carbonyl (C=O) groups excluding carboxylic acids is 2. The second-order valence-electron chi connectivity index (χ2n) is 8.72. The van der Waals surface area contributed by atoms with E-state index in [0.717, 1.165) is 21.2 Å². The Morgan fingerprint density at radius 2 is 1.68 bits per heavy atom. The van der Waals surface area contributed by atoms with Gasteiger partial charge in [-0.3, -0.25) is 19.8 Å². The minimum Gasteiger partial charge on any atom is -0.490 e. The van der Waals surface area contributed by atoms with Crippen LogP contribution in [0.1, 0.15) is 18.1 Å². The highest BCUT2D eigenvalue weighted by Crippen LogP contribution is 2.39. The first-order valence-corrected chi connectivity index (χ1v) is 13.7. The monoisotopic (exact) mass is 610 g/mol. The molecule has 0 bridgehead atoms. The Bertz CT molecular complexity index is 1700. The van der Waals surface area contributed by atoms with Crippen molar-refractivity contribution >= 4 is 86.5 Å². The predicted octanol–water partition coefficient (Wildman–Crippen LogP) is 7.61. The number of anilines is 1. The van der Waals surface area contributed by atoms with Gasteiger partial charge in [-0.1, -0.05) is 83.3 Å². The lowest BCUT2D eigenvalue weighted by Gasteiger charge is -2.29. The zero-order chi connectivity index (χ0) is 28.4. The number of thiocarbonyl (C=S) groups is 1. The molecule has 1 aliphatic rings. The van der Waals surface area contributed by atoms with Gasteiger partial charge < -0.3 is 9.47 Å². The lowest BCUT2D eigenvalue weighted by atomic mass is 10.1. The van der Waals surface area contributed by atoms with Crippen molar-refractivity contribution in [3.8, 4) is 11.5 Å². The summed E-state index contributed by atoms with van der Waals surface area (Å²) in [6.07, 6.45) is 1.41. The lowest BCUT2D eigenvalue weighted by Crippen LogP contribution is -2.54. The first kappa shape index (κ1) is 27.9. The van der Waals surface area contributed by atoms with Gasteiger partial charge in [0.25, 0.3) is 11.8 Å². The van der Waals surface area contributed by atoms with Gasteiger partial charge in [0.2, 0.25) is 0 Å². The van der Waals surface area contributed by atoms with Crippen LogP contribution >= 0.6 is 47.0 Å². The molecule has 1 heterocycles. The van der Waals surface area contributed by atoms with Crippen LogP contribution in [0.3, 0.4) is 0 Å². The number of nitrogens with zero attached hydrogens (tertiary/aromatic N) is 1. The summed E-state index contributed by atoms with van der Waals surface area (Å²) in [6.45, 7) is 2.43. The van der Waals surface area contributed by atoms with Crippen molar-refractivity contribution in [3.63, 3.8) is 0 Å². The van der Waals surface area contributed by atoms with E-state index < -0.39 is 11.8 Å². The maximum absolute atomic E-state index is 13.5. The van der Waals surface area contributed by atoms with Crippen molar-refractivity contribution in [1.29, 1.82) is 0 Å². The van der Waals surface area contributed by atoms with E-state index in [-0.39, 0.29) is 38.0 Å². The Morgan fingerprint density at radius 1 is 0.925 bits per heavy atom. The number of rotatable bonds is 7. The summed E-state index contributed by atoms with van der Waals surface area (Å²) >= 11 is 24.4. The van der Waals surface area contributed by atoms with Crippen molar-refractivity contribution < 1.29 is 19.1 Å². The number of carbonyl (C=O) groups is 2. The van der Waals surface area contributed by atoms with Gasteiger partial charge >= 0.3 is 0 Å². The van der Waals surface area contributed by atoms with E-state index in [9.17, 15) is 9.59 Å². The van der Waals surface area contributed by atoms with E-state index in [4.69, 9.17) is 56.5 Å². The third-order valence-electron chi connectivity index (χ3n) is 6.17. The van der Waals surface area contributed by atoms with Crippen LogP contribution in [0.2, 0.25) is 15.1 Å². The standard InChI is InChI=1S/C30H21Cl3N2O4S/c1-2-38-25-15-17(14-23(32)27(25)39-16-19-9-5-8-18-7-3-4-10-20(18)19)13-21-28(36)34-30(40)35(29(21)37)24-12-6-11-22(31)26(24)33/h3-15H,2,16H2,1H3,(H,34,36,40)/b21-13+. The van der Waals surface area contributed by atoms with Gasteiger partial charge in [0.15, 0.2) is 16.6 Å². The molecule has 0 aromatic heterocycles. The number of hydrogen-bond acceptors (Lipinski definition) is 5. The summed E-state index contributed by atoms with van der Waals surface area (Å²) in [6, 6.07) is 22.1. The quantitative estimate of drug-likeness (QED) is 0.132. The molecule has 5 rings (SSSR count). The molecule has 6 nitrogen and oxygen atoms in total. The average Bonchev–Trinajstić information content (AvgIpc) is 2.93. The van der Waals surface area contributed by atoms with Gasteiger partial charge in [0, 0.05) is 0 Å². The first-order chi connectivity index (χ1) is 19.3. The van der Waals surface area contributed by atoms with E-state index in [1.807, 2.05) is 49.4 Å². The fourth-order valence-electron chi connectivity index (χ4n) is 4.35. The SMILES string of the molecule is CCOc1cc(/C=C2\C(=O)NC(=S)N(c3cccc(Cl)c3Cl)C2=O)cc(Cl)c1OCc1cccc2ccccc12. The minimum absolute atomic E-state index is 0.110. The fraction of sp³-hybridized carbons (Fsp3) is 0.100. The second-order valence-corrected chi connectivity index (χ2v) is 10.3. The van der Waals surface area contributed by atoms with Gasteiger partial charge in [0.1, 0.15) is 12.2 Å². The summed E-state index contributed by atoms with van der Waals surface area (Å²) in [5.74, 6) is -0.597. The van der Waals surface area contributed by atoms with Gasteiger partial charge in [0.05, 0.1) is 27.4 Å². The Hall–Kier alpha value is -3.62. The molecule has 10 heteroatoms. The highest BCUT2D eigenvalue weighted by Gasteiger charge is 2.35. The normalized spacial score (nSPS) is 14.6. The Kier molecular flexibility index (Phi) is 8.28. The Labute approximate surface area is 251 Å². The van der Waals surface area contributed by atoms with Crippen LogP contribution in [0, 0.1) is 0 Å². The molecule has 202 valence electrons. The molecule has 40 heavy (non-hydrogen) atoms. The van der Waals surface area contributed by atoms with Crippen LogP contribution in [-0.2, 0) is 16.2 Å². The molecule has 0 unspecified atom stereocenters. The zero-order valence-corrected chi connectivity index (χ0v) is 24.1.